The first-order valence-corrected chi connectivity index (χ1v) is 13.3. The molecule has 0 aliphatic carbocycles. The van der Waals surface area contributed by atoms with Crippen molar-refractivity contribution in [1.82, 2.24) is 25.3 Å². The van der Waals surface area contributed by atoms with Crippen LogP contribution in [0.2, 0.25) is 10.0 Å². The molecule has 1 aromatic rings. The van der Waals surface area contributed by atoms with E-state index < -0.39 is 12.0 Å². The third-order valence-electron chi connectivity index (χ3n) is 6.29. The molecular weight excluding hydrogens is 517 g/mol. The normalized spacial score (nSPS) is 18.8. The van der Waals surface area contributed by atoms with Crippen molar-refractivity contribution in [3.63, 3.8) is 0 Å². The average Bonchev–Trinajstić information content (AvgIpc) is 3.10. The van der Waals surface area contributed by atoms with Crippen LogP contribution in [0.3, 0.4) is 0 Å². The Balaban J connectivity index is 1.98. The molecule has 0 unspecified atom stereocenters. The molecule has 1 atom stereocenters. The molecule has 2 aliphatic rings. The Morgan fingerprint density at radius 2 is 2.00 bits per heavy atom. The number of halogens is 2. The fraction of sp³-hybridized carbons (Fsp3) is 0.500. The first-order chi connectivity index (χ1) is 17.8. The van der Waals surface area contributed by atoms with E-state index in [0.29, 0.717) is 66.1 Å². The predicted octanol–water partition coefficient (Wildman–Crippen LogP) is 4.19. The largest absolute Gasteiger partial charge is 0.463 e. The molecule has 2 heterocycles. The van der Waals surface area contributed by atoms with Crippen molar-refractivity contribution in [3.8, 4) is 0 Å². The second kappa shape index (κ2) is 13.7. The minimum absolute atomic E-state index is 0.0714. The Morgan fingerprint density at radius 1 is 1.22 bits per heavy atom. The Kier molecular flexibility index (Phi) is 10.7. The van der Waals surface area contributed by atoms with Gasteiger partial charge in [0.2, 0.25) is 0 Å². The van der Waals surface area contributed by atoms with Crippen LogP contribution in [-0.4, -0.2) is 85.2 Å². The molecule has 0 saturated carbocycles. The lowest BCUT2D eigenvalue weighted by molar-refractivity contribution is -0.139. The van der Waals surface area contributed by atoms with Crippen molar-refractivity contribution in [2.75, 3.05) is 52.4 Å². The average molecular weight is 553 g/mol. The zero-order valence-corrected chi connectivity index (χ0v) is 22.9. The van der Waals surface area contributed by atoms with Crippen molar-refractivity contribution in [2.45, 2.75) is 32.7 Å². The van der Waals surface area contributed by atoms with Gasteiger partial charge in [-0.3, -0.25) is 9.80 Å². The number of urea groups is 2. The summed E-state index contributed by atoms with van der Waals surface area (Å²) < 4.78 is 5.44. The SMILES string of the molecule is C=CCN1C(=O)N[C@H](c2ccc(Cl)cc2Cl)C(C(=O)OCC)=C1CN1CCCN(C(=O)NCCC)CC1. The Bertz CT molecular complexity index is 1050. The molecule has 2 aliphatic heterocycles. The van der Waals surface area contributed by atoms with Gasteiger partial charge >= 0.3 is 18.0 Å². The van der Waals surface area contributed by atoms with Crippen molar-refractivity contribution < 1.29 is 19.1 Å². The Labute approximate surface area is 228 Å². The molecule has 0 bridgehead atoms. The highest BCUT2D eigenvalue weighted by Crippen LogP contribution is 2.36. The van der Waals surface area contributed by atoms with Gasteiger partial charge in [-0.25, -0.2) is 14.4 Å². The minimum atomic E-state index is -0.810. The summed E-state index contributed by atoms with van der Waals surface area (Å²) in [5.74, 6) is -0.530. The van der Waals surface area contributed by atoms with Crippen LogP contribution < -0.4 is 10.6 Å². The summed E-state index contributed by atoms with van der Waals surface area (Å²) in [7, 11) is 0. The lowest BCUT2D eigenvalue weighted by Crippen LogP contribution is -2.51. The number of nitrogens with one attached hydrogen (secondary N) is 2. The van der Waals surface area contributed by atoms with Crippen LogP contribution in [0.4, 0.5) is 9.59 Å². The first kappa shape index (κ1) is 28.8. The van der Waals surface area contributed by atoms with Gasteiger partial charge in [0.25, 0.3) is 0 Å². The third-order valence-corrected chi connectivity index (χ3v) is 6.86. The van der Waals surface area contributed by atoms with E-state index in [2.05, 4.69) is 22.1 Å². The van der Waals surface area contributed by atoms with Crippen LogP contribution in [0.1, 0.15) is 38.3 Å². The van der Waals surface area contributed by atoms with Crippen LogP contribution in [0.15, 0.2) is 42.1 Å². The maximum Gasteiger partial charge on any atom is 0.338 e. The van der Waals surface area contributed by atoms with Gasteiger partial charge in [-0.1, -0.05) is 42.3 Å². The highest BCUT2D eigenvalue weighted by atomic mass is 35.5. The summed E-state index contributed by atoms with van der Waals surface area (Å²) in [6.07, 6.45) is 3.25. The summed E-state index contributed by atoms with van der Waals surface area (Å²) >= 11 is 12.6. The molecule has 1 fully saturated rings. The van der Waals surface area contributed by atoms with Gasteiger partial charge in [0.1, 0.15) is 0 Å². The van der Waals surface area contributed by atoms with Crippen LogP contribution in [-0.2, 0) is 9.53 Å². The number of ether oxygens (including phenoxy) is 1. The number of carbonyl (C=O) groups excluding carboxylic acids is 3. The van der Waals surface area contributed by atoms with Gasteiger partial charge in [-0.15, -0.1) is 6.58 Å². The molecule has 0 radical (unpaired) electrons. The molecule has 9 nitrogen and oxygen atoms in total. The van der Waals surface area contributed by atoms with E-state index in [0.717, 1.165) is 12.8 Å². The number of benzene rings is 1. The van der Waals surface area contributed by atoms with E-state index in [9.17, 15) is 14.4 Å². The molecule has 202 valence electrons. The summed E-state index contributed by atoms with van der Waals surface area (Å²) in [5, 5.41) is 6.62. The molecule has 11 heteroatoms. The van der Waals surface area contributed by atoms with E-state index in [-0.39, 0.29) is 25.2 Å². The van der Waals surface area contributed by atoms with E-state index >= 15 is 0 Å². The number of amides is 4. The molecule has 3 rings (SSSR count). The predicted molar refractivity (Wildman–Crippen MR) is 145 cm³/mol. The summed E-state index contributed by atoms with van der Waals surface area (Å²) in [4.78, 5) is 44.6. The Hall–Kier alpha value is -2.75. The highest BCUT2D eigenvalue weighted by molar-refractivity contribution is 6.35. The van der Waals surface area contributed by atoms with E-state index in [1.54, 1.807) is 31.2 Å². The maximum absolute atomic E-state index is 13.3. The minimum Gasteiger partial charge on any atom is -0.463 e. The maximum atomic E-state index is 13.3. The van der Waals surface area contributed by atoms with Crippen LogP contribution in [0.5, 0.6) is 0 Å². The fourth-order valence-corrected chi connectivity index (χ4v) is 5.02. The second-order valence-corrected chi connectivity index (χ2v) is 9.72. The third kappa shape index (κ3) is 7.18. The van der Waals surface area contributed by atoms with Crippen LogP contribution in [0.25, 0.3) is 0 Å². The molecule has 2 N–H and O–H groups in total. The van der Waals surface area contributed by atoms with Crippen molar-refractivity contribution in [1.29, 1.82) is 0 Å². The number of hydrogen-bond acceptors (Lipinski definition) is 5. The molecule has 1 aromatic carbocycles. The number of rotatable bonds is 9. The topological polar surface area (TPSA) is 94.2 Å². The van der Waals surface area contributed by atoms with Crippen LogP contribution >= 0.6 is 23.2 Å². The molecule has 0 spiro atoms. The zero-order valence-electron chi connectivity index (χ0n) is 21.4. The van der Waals surface area contributed by atoms with Gasteiger partial charge in [-0.05, 0) is 37.5 Å². The standard InChI is InChI=1S/C26H35Cl2N5O4/c1-4-10-29-25(35)32-13-7-12-31(14-15-32)17-21-22(24(34)37-6-3)23(30-26(36)33(21)11-5-2)19-9-8-18(27)16-20(19)28/h5,8-9,16,23H,2,4,6-7,10-15,17H2,1,3H3,(H,29,35)(H,30,36)/t23-/m1/s1. The van der Waals surface area contributed by atoms with E-state index in [1.807, 2.05) is 11.8 Å². The molecular formula is C26H35Cl2N5O4. The fourth-order valence-electron chi connectivity index (χ4n) is 4.50. The van der Waals surface area contributed by atoms with Gasteiger partial charge in [0.15, 0.2) is 0 Å². The zero-order chi connectivity index (χ0) is 26.9. The van der Waals surface area contributed by atoms with Gasteiger partial charge < -0.3 is 20.3 Å². The number of nitrogens with zero attached hydrogens (tertiary/aromatic N) is 3. The first-order valence-electron chi connectivity index (χ1n) is 12.6. The summed E-state index contributed by atoms with van der Waals surface area (Å²) in [6.45, 7) is 11.3. The summed E-state index contributed by atoms with van der Waals surface area (Å²) in [5.41, 5.74) is 1.39. The van der Waals surface area contributed by atoms with E-state index in [1.165, 1.54) is 4.90 Å². The molecule has 4 amide bonds. The van der Waals surface area contributed by atoms with Gasteiger partial charge in [0.05, 0.1) is 18.2 Å². The van der Waals surface area contributed by atoms with Gasteiger partial charge in [0, 0.05) is 61.6 Å². The Morgan fingerprint density at radius 3 is 2.68 bits per heavy atom. The van der Waals surface area contributed by atoms with Crippen molar-refractivity contribution in [3.05, 3.63) is 57.7 Å². The molecule has 0 aromatic heterocycles. The smallest absolute Gasteiger partial charge is 0.338 e. The second-order valence-electron chi connectivity index (χ2n) is 8.88. The van der Waals surface area contributed by atoms with Crippen molar-refractivity contribution in [2.24, 2.45) is 0 Å². The monoisotopic (exact) mass is 551 g/mol. The van der Waals surface area contributed by atoms with Gasteiger partial charge in [-0.2, -0.15) is 0 Å². The van der Waals surface area contributed by atoms with Crippen molar-refractivity contribution >= 4 is 41.2 Å². The molecule has 37 heavy (non-hydrogen) atoms. The number of hydrogen-bond donors (Lipinski definition) is 2. The van der Waals surface area contributed by atoms with Crippen LogP contribution in [0, 0.1) is 0 Å². The number of esters is 1. The highest BCUT2D eigenvalue weighted by Gasteiger charge is 2.39. The lowest BCUT2D eigenvalue weighted by atomic mass is 9.94. The van der Waals surface area contributed by atoms with E-state index in [4.69, 9.17) is 27.9 Å². The quantitative estimate of drug-likeness (QED) is 0.354. The number of carbonyl (C=O) groups is 3. The molecule has 1 saturated heterocycles. The summed E-state index contributed by atoms with van der Waals surface area (Å²) in [6, 6.07) is 3.70. The lowest BCUT2D eigenvalue weighted by Gasteiger charge is -2.38.